The van der Waals surface area contributed by atoms with Gasteiger partial charge in [0.2, 0.25) is 0 Å². The number of nitrogens with zero attached hydrogens (tertiary/aromatic N) is 2. The van der Waals surface area contributed by atoms with Gasteiger partial charge in [0, 0.05) is 23.6 Å². The fraction of sp³-hybridized carbons (Fsp3) is 0.133. The number of hydrogen-bond donors (Lipinski definition) is 2. The highest BCUT2D eigenvalue weighted by Crippen LogP contribution is 2.30. The van der Waals surface area contributed by atoms with E-state index in [0.29, 0.717) is 24.2 Å². The van der Waals surface area contributed by atoms with Gasteiger partial charge in [-0.05, 0) is 71.5 Å². The predicted octanol–water partition coefficient (Wildman–Crippen LogP) is 6.59. The summed E-state index contributed by atoms with van der Waals surface area (Å²) in [6, 6.07) is 28.0. The van der Waals surface area contributed by atoms with Crippen LogP contribution in [0.3, 0.4) is 0 Å². The minimum Gasteiger partial charge on any atom is -0.507 e. The minimum absolute atomic E-state index is 0.241. The molecular weight excluding hydrogens is 420 g/mol. The number of phenolic OH excluding ortho intramolecular Hbond substituents is 2. The Balaban J connectivity index is 1.44. The number of aromatic hydroxyl groups is 2. The van der Waals surface area contributed by atoms with Crippen LogP contribution in [-0.2, 0) is 0 Å². The molecule has 0 amide bonds. The Bertz CT molecular complexity index is 1220. The number of benzene rings is 4. The highest BCUT2D eigenvalue weighted by atomic mass is 16.3. The molecular formula is C30H28N2O2. The first-order chi connectivity index (χ1) is 16.5. The second-order valence-electron chi connectivity index (χ2n) is 8.26. The Morgan fingerprint density at radius 1 is 0.559 bits per heavy atom. The summed E-state index contributed by atoms with van der Waals surface area (Å²) in [5.41, 5.74) is 7.27. The van der Waals surface area contributed by atoms with Crippen LogP contribution < -0.4 is 0 Å². The average Bonchev–Trinajstić information content (AvgIpc) is 2.87. The van der Waals surface area contributed by atoms with E-state index < -0.39 is 0 Å². The maximum Gasteiger partial charge on any atom is 0.127 e. The molecule has 0 aliphatic rings. The topological polar surface area (TPSA) is 65.2 Å². The van der Waals surface area contributed by atoms with E-state index in [2.05, 4.69) is 9.98 Å². The standard InChI is InChI=1S/C30H28N2O2/c1-21-15-25(23-9-5-3-6-10-23)17-27(29(21)33)19-31-13-14-32-20-28-18-26(16-22(2)30(28)34)24-11-7-4-8-12-24/h3-12,15-20,33-34H,13-14H2,1-2H3. The summed E-state index contributed by atoms with van der Waals surface area (Å²) < 4.78 is 0. The van der Waals surface area contributed by atoms with E-state index in [-0.39, 0.29) is 11.5 Å². The lowest BCUT2D eigenvalue weighted by atomic mass is 9.99. The molecule has 4 rings (SSSR count). The van der Waals surface area contributed by atoms with E-state index in [0.717, 1.165) is 33.4 Å². The summed E-state index contributed by atoms with van der Waals surface area (Å²) >= 11 is 0. The summed E-state index contributed by atoms with van der Waals surface area (Å²) in [5.74, 6) is 0.482. The Kier molecular flexibility index (Phi) is 7.19. The fourth-order valence-corrected chi connectivity index (χ4v) is 3.85. The van der Waals surface area contributed by atoms with Crippen LogP contribution in [0.4, 0.5) is 0 Å². The number of aryl methyl sites for hydroxylation is 2. The van der Waals surface area contributed by atoms with Crippen molar-refractivity contribution in [3.05, 3.63) is 107 Å². The third-order valence-corrected chi connectivity index (χ3v) is 5.69. The number of rotatable bonds is 7. The molecule has 4 heteroatoms. The SMILES string of the molecule is Cc1cc(-c2ccccc2)cc(C=NCCN=Cc2cc(-c3ccccc3)cc(C)c2O)c1O. The van der Waals surface area contributed by atoms with E-state index >= 15 is 0 Å². The van der Waals surface area contributed by atoms with Crippen LogP contribution in [0, 0.1) is 13.8 Å². The lowest BCUT2D eigenvalue weighted by Gasteiger charge is -2.08. The third kappa shape index (κ3) is 5.41. The molecule has 0 aliphatic heterocycles. The van der Waals surface area contributed by atoms with E-state index in [1.807, 2.05) is 98.8 Å². The van der Waals surface area contributed by atoms with Crippen LogP contribution >= 0.6 is 0 Å². The van der Waals surface area contributed by atoms with E-state index in [4.69, 9.17) is 0 Å². The van der Waals surface area contributed by atoms with Gasteiger partial charge in [-0.25, -0.2) is 0 Å². The molecule has 0 bridgehead atoms. The zero-order chi connectivity index (χ0) is 23.9. The molecule has 0 saturated carbocycles. The van der Waals surface area contributed by atoms with Gasteiger partial charge in [0.1, 0.15) is 11.5 Å². The van der Waals surface area contributed by atoms with Crippen LogP contribution in [0.25, 0.3) is 22.3 Å². The van der Waals surface area contributed by atoms with Gasteiger partial charge in [0.05, 0.1) is 13.1 Å². The molecule has 0 saturated heterocycles. The fourth-order valence-electron chi connectivity index (χ4n) is 3.85. The quantitative estimate of drug-likeness (QED) is 0.247. The van der Waals surface area contributed by atoms with Gasteiger partial charge in [0.15, 0.2) is 0 Å². The van der Waals surface area contributed by atoms with Crippen molar-refractivity contribution in [3.8, 4) is 33.8 Å². The third-order valence-electron chi connectivity index (χ3n) is 5.69. The Labute approximate surface area is 200 Å². The van der Waals surface area contributed by atoms with Gasteiger partial charge in [0.25, 0.3) is 0 Å². The van der Waals surface area contributed by atoms with Crippen molar-refractivity contribution < 1.29 is 10.2 Å². The van der Waals surface area contributed by atoms with Gasteiger partial charge in [-0.2, -0.15) is 0 Å². The van der Waals surface area contributed by atoms with Gasteiger partial charge >= 0.3 is 0 Å². The minimum atomic E-state index is 0.241. The van der Waals surface area contributed by atoms with Crippen LogP contribution in [0.15, 0.2) is 94.9 Å². The van der Waals surface area contributed by atoms with Gasteiger partial charge in [-0.3, -0.25) is 9.98 Å². The van der Waals surface area contributed by atoms with Gasteiger partial charge in [-0.15, -0.1) is 0 Å². The molecule has 4 nitrogen and oxygen atoms in total. The molecule has 0 heterocycles. The maximum absolute atomic E-state index is 10.4. The zero-order valence-electron chi connectivity index (χ0n) is 19.4. The number of aliphatic imine (C=N–C) groups is 2. The normalized spacial score (nSPS) is 11.5. The molecule has 4 aromatic carbocycles. The summed E-state index contributed by atoms with van der Waals surface area (Å²) in [6.45, 7) is 4.73. The highest BCUT2D eigenvalue weighted by molar-refractivity contribution is 5.88. The van der Waals surface area contributed by atoms with E-state index in [1.54, 1.807) is 12.4 Å². The van der Waals surface area contributed by atoms with E-state index in [1.165, 1.54) is 0 Å². The zero-order valence-corrected chi connectivity index (χ0v) is 19.4. The largest absolute Gasteiger partial charge is 0.507 e. The summed E-state index contributed by atoms with van der Waals surface area (Å²) in [5, 5.41) is 20.9. The first kappa shape index (κ1) is 23.0. The van der Waals surface area contributed by atoms with Crippen LogP contribution in [-0.4, -0.2) is 35.7 Å². The van der Waals surface area contributed by atoms with Crippen molar-refractivity contribution in [1.29, 1.82) is 0 Å². The Morgan fingerprint density at radius 2 is 0.941 bits per heavy atom. The van der Waals surface area contributed by atoms with Crippen molar-refractivity contribution >= 4 is 12.4 Å². The molecule has 4 aromatic rings. The maximum atomic E-state index is 10.4. The monoisotopic (exact) mass is 448 g/mol. The summed E-state index contributed by atoms with van der Waals surface area (Å²) in [7, 11) is 0. The van der Waals surface area contributed by atoms with Crippen LogP contribution in [0.2, 0.25) is 0 Å². The van der Waals surface area contributed by atoms with Crippen molar-refractivity contribution in [2.45, 2.75) is 13.8 Å². The highest BCUT2D eigenvalue weighted by Gasteiger charge is 2.08. The van der Waals surface area contributed by atoms with Crippen molar-refractivity contribution in [2.24, 2.45) is 9.98 Å². The van der Waals surface area contributed by atoms with Gasteiger partial charge in [-0.1, -0.05) is 60.7 Å². The molecule has 0 aromatic heterocycles. The first-order valence-electron chi connectivity index (χ1n) is 11.3. The molecule has 0 aliphatic carbocycles. The molecule has 34 heavy (non-hydrogen) atoms. The Hall–Kier alpha value is -4.18. The summed E-state index contributed by atoms with van der Waals surface area (Å²) in [6.07, 6.45) is 3.39. The lowest BCUT2D eigenvalue weighted by molar-refractivity contribution is 0.470. The molecule has 170 valence electrons. The van der Waals surface area contributed by atoms with Gasteiger partial charge < -0.3 is 10.2 Å². The molecule has 2 N–H and O–H groups in total. The van der Waals surface area contributed by atoms with Crippen molar-refractivity contribution in [3.63, 3.8) is 0 Å². The molecule has 0 radical (unpaired) electrons. The van der Waals surface area contributed by atoms with Crippen LogP contribution in [0.1, 0.15) is 22.3 Å². The summed E-state index contributed by atoms with van der Waals surface area (Å²) in [4.78, 5) is 8.91. The second-order valence-corrected chi connectivity index (χ2v) is 8.26. The number of phenols is 2. The first-order valence-corrected chi connectivity index (χ1v) is 11.3. The van der Waals surface area contributed by atoms with Crippen molar-refractivity contribution in [2.75, 3.05) is 13.1 Å². The molecule has 0 atom stereocenters. The molecule has 0 spiro atoms. The smallest absolute Gasteiger partial charge is 0.127 e. The average molecular weight is 449 g/mol. The number of hydrogen-bond acceptors (Lipinski definition) is 4. The molecule has 0 unspecified atom stereocenters. The van der Waals surface area contributed by atoms with E-state index in [9.17, 15) is 10.2 Å². The van der Waals surface area contributed by atoms with Crippen molar-refractivity contribution in [1.82, 2.24) is 0 Å². The predicted molar refractivity (Wildman–Crippen MR) is 141 cm³/mol. The van der Waals surface area contributed by atoms with Crippen LogP contribution in [0.5, 0.6) is 11.5 Å². The molecule has 0 fully saturated rings. The second kappa shape index (κ2) is 10.6. The lowest BCUT2D eigenvalue weighted by Crippen LogP contribution is -1.94. The Morgan fingerprint density at radius 3 is 1.32 bits per heavy atom.